The highest BCUT2D eigenvalue weighted by Crippen LogP contribution is 2.33. The first-order valence-corrected chi connectivity index (χ1v) is 12.0. The third-order valence-electron chi connectivity index (χ3n) is 4.59. The van der Waals surface area contributed by atoms with E-state index < -0.39 is 34.6 Å². The van der Waals surface area contributed by atoms with E-state index >= 15 is 0 Å². The molecule has 0 aliphatic carbocycles. The summed E-state index contributed by atoms with van der Waals surface area (Å²) in [5.74, 6) is -3.48. The maximum absolute atomic E-state index is 14.5. The lowest BCUT2D eigenvalue weighted by Gasteiger charge is -2.37. The van der Waals surface area contributed by atoms with E-state index in [4.69, 9.17) is 20.9 Å². The van der Waals surface area contributed by atoms with Gasteiger partial charge in [0.2, 0.25) is 0 Å². The van der Waals surface area contributed by atoms with E-state index in [1.165, 1.54) is 6.20 Å². The first kappa shape index (κ1) is 26.7. The van der Waals surface area contributed by atoms with Crippen LogP contribution >= 0.6 is 11.6 Å². The minimum absolute atomic E-state index is 0.00908. The molecule has 2 N–H and O–H groups in total. The van der Waals surface area contributed by atoms with Crippen LogP contribution in [0.3, 0.4) is 0 Å². The second-order valence-electron chi connectivity index (χ2n) is 7.51. The van der Waals surface area contributed by atoms with Gasteiger partial charge in [-0.05, 0) is 31.0 Å². The maximum Gasteiger partial charge on any atom is 0.410 e. The lowest BCUT2D eigenvalue weighted by atomic mass is 9.93. The van der Waals surface area contributed by atoms with Crippen molar-refractivity contribution in [2.75, 3.05) is 31.2 Å². The topological polar surface area (TPSA) is 122 Å². The quantitative estimate of drug-likeness (QED) is 0.589. The van der Waals surface area contributed by atoms with Crippen molar-refractivity contribution in [3.8, 4) is 0 Å². The number of rotatable bonds is 5. The van der Waals surface area contributed by atoms with E-state index in [1.807, 2.05) is 0 Å². The Morgan fingerprint density at radius 2 is 1.94 bits per heavy atom. The van der Waals surface area contributed by atoms with Gasteiger partial charge < -0.3 is 15.0 Å². The van der Waals surface area contributed by atoms with Crippen molar-refractivity contribution in [2.45, 2.75) is 25.9 Å². The number of halogens is 3. The number of carbonyl (C=O) groups excluding carboxylic acids is 1. The Bertz CT molecular complexity index is 1020. The Kier molecular flexibility index (Phi) is 9.32. The number of likely N-dealkylation sites (tertiary alicyclic amines) is 1. The van der Waals surface area contributed by atoms with Crippen LogP contribution in [-0.2, 0) is 21.5 Å². The second kappa shape index (κ2) is 11.5. The molecule has 1 aromatic carbocycles. The van der Waals surface area contributed by atoms with Gasteiger partial charge in [0.1, 0.15) is 12.4 Å². The van der Waals surface area contributed by atoms with Crippen molar-refractivity contribution < 1.29 is 31.3 Å². The van der Waals surface area contributed by atoms with Crippen molar-refractivity contribution in [3.05, 3.63) is 52.9 Å². The van der Waals surface area contributed by atoms with E-state index in [0.29, 0.717) is 17.1 Å². The van der Waals surface area contributed by atoms with Gasteiger partial charge in [0.15, 0.2) is 0 Å². The normalized spacial score (nSPS) is 17.5. The van der Waals surface area contributed by atoms with E-state index in [2.05, 4.69) is 15.3 Å². The van der Waals surface area contributed by atoms with Gasteiger partial charge in [-0.25, -0.2) is 18.6 Å². The molecule has 1 fully saturated rings. The van der Waals surface area contributed by atoms with E-state index in [-0.39, 0.29) is 26.1 Å². The minimum Gasteiger partial charge on any atom is -0.445 e. The smallest absolute Gasteiger partial charge is 0.410 e. The molecule has 1 aliphatic heterocycles. The number of nitrogens with one attached hydrogen (secondary N) is 1. The average molecular weight is 507 g/mol. The standard InChI is InChI=1S/C19H21ClF2N4O2.CH4O3S/c1-13-8-24-17(10-23-13)25-9-15-6-7-26(12-19(15,21)22)18(27)28-11-14-2-4-16(20)5-3-14;1-5(2,3)4/h2-5,8,10,15H,6-7,9,11-12H2,1H3,(H,24,25);1H3,(H,2,3,4). The molecule has 2 heterocycles. The van der Waals surface area contributed by atoms with Crippen LogP contribution in [0, 0.1) is 12.8 Å². The van der Waals surface area contributed by atoms with E-state index in [9.17, 15) is 22.0 Å². The summed E-state index contributed by atoms with van der Waals surface area (Å²) in [4.78, 5) is 21.4. The van der Waals surface area contributed by atoms with Crippen LogP contribution in [0.5, 0.6) is 0 Å². The number of piperidine rings is 1. The maximum atomic E-state index is 14.5. The molecule has 1 unspecified atom stereocenters. The van der Waals surface area contributed by atoms with Crippen molar-refractivity contribution in [1.29, 1.82) is 0 Å². The molecule has 0 spiro atoms. The molecular formula is C20H25ClF2N4O5S. The summed E-state index contributed by atoms with van der Waals surface area (Å²) < 4.78 is 60.0. The summed E-state index contributed by atoms with van der Waals surface area (Å²) in [7, 11) is -3.67. The fourth-order valence-electron chi connectivity index (χ4n) is 2.92. The summed E-state index contributed by atoms with van der Waals surface area (Å²) in [5.41, 5.74) is 1.49. The number of alkyl halides is 2. The molecule has 1 aliphatic rings. The number of amides is 1. The summed E-state index contributed by atoms with van der Waals surface area (Å²) >= 11 is 5.80. The Labute approximate surface area is 195 Å². The number of aryl methyl sites for hydroxylation is 1. The number of nitrogens with zero attached hydrogens (tertiary/aromatic N) is 3. The van der Waals surface area contributed by atoms with Gasteiger partial charge in [0.25, 0.3) is 16.0 Å². The molecule has 1 atom stereocenters. The monoisotopic (exact) mass is 506 g/mol. The Morgan fingerprint density at radius 1 is 1.30 bits per heavy atom. The molecule has 2 aromatic rings. The number of anilines is 1. The molecule has 1 saturated heterocycles. The van der Waals surface area contributed by atoms with Crippen LogP contribution in [0.1, 0.15) is 17.7 Å². The Balaban J connectivity index is 0.000000696. The van der Waals surface area contributed by atoms with E-state index in [1.54, 1.807) is 37.4 Å². The van der Waals surface area contributed by atoms with Gasteiger partial charge in [-0.3, -0.25) is 9.54 Å². The Morgan fingerprint density at radius 3 is 2.48 bits per heavy atom. The molecule has 1 amide bonds. The van der Waals surface area contributed by atoms with Gasteiger partial charge >= 0.3 is 6.09 Å². The van der Waals surface area contributed by atoms with Gasteiger partial charge in [0.05, 0.1) is 30.9 Å². The number of ether oxygens (including phenoxy) is 1. The molecule has 13 heteroatoms. The molecular weight excluding hydrogens is 482 g/mol. The van der Waals surface area contributed by atoms with Crippen LogP contribution in [0.2, 0.25) is 5.02 Å². The summed E-state index contributed by atoms with van der Waals surface area (Å²) in [6.45, 7) is 1.40. The third kappa shape index (κ3) is 9.84. The lowest BCUT2D eigenvalue weighted by Crippen LogP contribution is -2.52. The van der Waals surface area contributed by atoms with Crippen molar-refractivity contribution in [1.82, 2.24) is 14.9 Å². The number of benzene rings is 1. The van der Waals surface area contributed by atoms with Gasteiger partial charge in [-0.1, -0.05) is 23.7 Å². The molecule has 3 rings (SSSR count). The molecule has 182 valence electrons. The zero-order chi connectivity index (χ0) is 24.6. The third-order valence-corrected chi connectivity index (χ3v) is 4.84. The van der Waals surface area contributed by atoms with Gasteiger partial charge in [-0.2, -0.15) is 8.42 Å². The highest BCUT2D eigenvalue weighted by atomic mass is 35.5. The van der Waals surface area contributed by atoms with Crippen LogP contribution < -0.4 is 5.32 Å². The lowest BCUT2D eigenvalue weighted by molar-refractivity contribution is -0.101. The number of aromatic nitrogens is 2. The Hall–Kier alpha value is -2.57. The highest BCUT2D eigenvalue weighted by Gasteiger charge is 2.46. The first-order chi connectivity index (χ1) is 15.3. The van der Waals surface area contributed by atoms with E-state index in [0.717, 1.165) is 16.2 Å². The number of hydrogen-bond acceptors (Lipinski definition) is 7. The number of carbonyl (C=O) groups is 1. The van der Waals surface area contributed by atoms with Crippen LogP contribution in [0.4, 0.5) is 19.4 Å². The highest BCUT2D eigenvalue weighted by molar-refractivity contribution is 7.85. The second-order valence-corrected chi connectivity index (χ2v) is 9.41. The van der Waals surface area contributed by atoms with Crippen LogP contribution in [-0.4, -0.2) is 65.7 Å². The SMILES string of the molecule is CS(=O)(=O)O.Cc1cnc(NCC2CCN(C(=O)OCc3ccc(Cl)cc3)CC2(F)F)cn1. The molecule has 33 heavy (non-hydrogen) atoms. The van der Waals surface area contributed by atoms with Crippen LogP contribution in [0.25, 0.3) is 0 Å². The molecule has 1 aromatic heterocycles. The molecule has 0 bridgehead atoms. The fraction of sp³-hybridized carbons (Fsp3) is 0.450. The predicted molar refractivity (Wildman–Crippen MR) is 119 cm³/mol. The van der Waals surface area contributed by atoms with Crippen molar-refractivity contribution >= 4 is 33.6 Å². The first-order valence-electron chi connectivity index (χ1n) is 9.82. The summed E-state index contributed by atoms with van der Waals surface area (Å²) in [5, 5.41) is 3.46. The van der Waals surface area contributed by atoms with Crippen molar-refractivity contribution in [3.63, 3.8) is 0 Å². The average Bonchev–Trinajstić information content (AvgIpc) is 2.71. The predicted octanol–water partition coefficient (Wildman–Crippen LogP) is 3.65. The zero-order valence-corrected chi connectivity index (χ0v) is 19.6. The van der Waals surface area contributed by atoms with Crippen LogP contribution in [0.15, 0.2) is 36.7 Å². The largest absolute Gasteiger partial charge is 0.445 e. The molecule has 9 nitrogen and oxygen atoms in total. The van der Waals surface area contributed by atoms with Gasteiger partial charge in [0, 0.05) is 24.0 Å². The molecule has 0 saturated carbocycles. The fourth-order valence-corrected chi connectivity index (χ4v) is 3.05. The zero-order valence-electron chi connectivity index (χ0n) is 18.0. The number of hydrogen-bond donors (Lipinski definition) is 2. The molecule has 0 radical (unpaired) electrons. The van der Waals surface area contributed by atoms with Gasteiger partial charge in [-0.15, -0.1) is 0 Å². The summed E-state index contributed by atoms with van der Waals surface area (Å²) in [6, 6.07) is 6.79. The van der Waals surface area contributed by atoms with Crippen molar-refractivity contribution in [2.24, 2.45) is 5.92 Å². The summed E-state index contributed by atoms with van der Waals surface area (Å²) in [6.07, 6.45) is 3.21. The minimum atomic E-state index is -3.67.